The van der Waals surface area contributed by atoms with Crippen molar-refractivity contribution < 1.29 is 5.11 Å². The van der Waals surface area contributed by atoms with Crippen LogP contribution in [0.2, 0.25) is 0 Å². The summed E-state index contributed by atoms with van der Waals surface area (Å²) < 4.78 is 0. The summed E-state index contributed by atoms with van der Waals surface area (Å²) in [4.78, 5) is 4.53. The zero-order valence-corrected chi connectivity index (χ0v) is 9.84. The van der Waals surface area contributed by atoms with E-state index in [2.05, 4.69) is 34.1 Å². The van der Waals surface area contributed by atoms with E-state index in [-0.39, 0.29) is 6.23 Å². The van der Waals surface area contributed by atoms with Crippen LogP contribution in [0, 0.1) is 0 Å². The van der Waals surface area contributed by atoms with E-state index in [0.29, 0.717) is 0 Å². The van der Waals surface area contributed by atoms with Gasteiger partial charge in [-0.3, -0.25) is 4.90 Å². The lowest BCUT2D eigenvalue weighted by Gasteiger charge is -2.38. The highest BCUT2D eigenvalue weighted by Gasteiger charge is 2.20. The number of hydrogen-bond donors (Lipinski definition) is 1. The third-order valence-corrected chi connectivity index (χ3v) is 3.22. The van der Waals surface area contributed by atoms with E-state index >= 15 is 0 Å². The number of anilines is 1. The first-order valence-electron chi connectivity index (χ1n) is 6.03. The third kappa shape index (κ3) is 2.54. The van der Waals surface area contributed by atoms with E-state index in [4.69, 9.17) is 0 Å². The average molecular weight is 220 g/mol. The molecule has 3 nitrogen and oxygen atoms in total. The van der Waals surface area contributed by atoms with Gasteiger partial charge in [-0.25, -0.2) is 0 Å². The number of aliphatic hydroxyl groups is 1. The number of para-hydroxylation sites is 1. The quantitative estimate of drug-likeness (QED) is 0.837. The molecule has 1 N–H and O–H groups in total. The van der Waals surface area contributed by atoms with E-state index in [1.807, 2.05) is 13.0 Å². The Labute approximate surface area is 97.3 Å². The fourth-order valence-corrected chi connectivity index (χ4v) is 2.18. The molecule has 0 aromatic heterocycles. The summed E-state index contributed by atoms with van der Waals surface area (Å²) in [5, 5.41) is 9.75. The van der Waals surface area contributed by atoms with Gasteiger partial charge in [-0.1, -0.05) is 25.1 Å². The number of aliphatic hydroxyl groups excluding tert-OH is 1. The van der Waals surface area contributed by atoms with Gasteiger partial charge in [-0.2, -0.15) is 0 Å². The fourth-order valence-electron chi connectivity index (χ4n) is 2.18. The summed E-state index contributed by atoms with van der Waals surface area (Å²) in [6, 6.07) is 10.5. The minimum atomic E-state index is -0.266. The van der Waals surface area contributed by atoms with Crippen LogP contribution in [-0.4, -0.2) is 42.4 Å². The lowest BCUT2D eigenvalue weighted by atomic mass is 10.2. The third-order valence-electron chi connectivity index (χ3n) is 3.22. The molecule has 1 aliphatic heterocycles. The lowest BCUT2D eigenvalue weighted by Crippen LogP contribution is -2.50. The Balaban J connectivity index is 1.91. The van der Waals surface area contributed by atoms with Crippen LogP contribution in [0.15, 0.2) is 30.3 Å². The van der Waals surface area contributed by atoms with Gasteiger partial charge in [0.25, 0.3) is 0 Å². The maximum atomic E-state index is 9.75. The largest absolute Gasteiger partial charge is 0.378 e. The molecule has 0 amide bonds. The Kier molecular flexibility index (Phi) is 3.80. The average Bonchev–Trinajstić information content (AvgIpc) is 2.39. The molecule has 1 aliphatic rings. The van der Waals surface area contributed by atoms with Gasteiger partial charge in [0.2, 0.25) is 0 Å². The molecule has 0 bridgehead atoms. The smallest absolute Gasteiger partial charge is 0.107 e. The summed E-state index contributed by atoms with van der Waals surface area (Å²) >= 11 is 0. The Hall–Kier alpha value is -1.06. The van der Waals surface area contributed by atoms with Gasteiger partial charge in [-0.15, -0.1) is 0 Å². The van der Waals surface area contributed by atoms with E-state index < -0.39 is 0 Å². The number of benzene rings is 1. The number of piperazine rings is 1. The van der Waals surface area contributed by atoms with Crippen molar-refractivity contribution in [3.8, 4) is 0 Å². The van der Waals surface area contributed by atoms with Crippen LogP contribution in [0.4, 0.5) is 5.69 Å². The zero-order valence-electron chi connectivity index (χ0n) is 9.84. The van der Waals surface area contributed by atoms with Crippen molar-refractivity contribution in [2.75, 3.05) is 31.1 Å². The molecular weight excluding hydrogens is 200 g/mol. The second kappa shape index (κ2) is 5.32. The second-order valence-electron chi connectivity index (χ2n) is 4.25. The minimum absolute atomic E-state index is 0.266. The van der Waals surface area contributed by atoms with E-state index in [1.54, 1.807) is 0 Å². The molecule has 0 spiro atoms. The molecule has 1 unspecified atom stereocenters. The van der Waals surface area contributed by atoms with Crippen molar-refractivity contribution in [1.82, 2.24) is 4.90 Å². The van der Waals surface area contributed by atoms with Gasteiger partial charge in [0, 0.05) is 31.9 Å². The van der Waals surface area contributed by atoms with E-state index in [1.165, 1.54) is 5.69 Å². The molecular formula is C13H20N2O. The molecule has 1 aromatic rings. The lowest BCUT2D eigenvalue weighted by molar-refractivity contribution is -0.00191. The standard InChI is InChI=1S/C13H20N2O/c1-2-13(16)15-10-8-14(9-11-15)12-6-4-3-5-7-12/h3-7,13,16H,2,8-11H2,1H3. The first kappa shape index (κ1) is 11.4. The first-order chi connectivity index (χ1) is 7.81. The van der Waals surface area contributed by atoms with Crippen molar-refractivity contribution in [2.24, 2.45) is 0 Å². The minimum Gasteiger partial charge on any atom is -0.378 e. The first-order valence-corrected chi connectivity index (χ1v) is 6.03. The predicted molar refractivity (Wildman–Crippen MR) is 66.5 cm³/mol. The van der Waals surface area contributed by atoms with Gasteiger partial charge in [0.05, 0.1) is 0 Å². The van der Waals surface area contributed by atoms with Gasteiger partial charge in [0.15, 0.2) is 0 Å². The van der Waals surface area contributed by atoms with Crippen LogP contribution in [-0.2, 0) is 0 Å². The van der Waals surface area contributed by atoms with Crippen molar-refractivity contribution >= 4 is 5.69 Å². The van der Waals surface area contributed by atoms with Crippen LogP contribution >= 0.6 is 0 Å². The summed E-state index contributed by atoms with van der Waals surface area (Å²) in [6.45, 7) is 5.92. The maximum Gasteiger partial charge on any atom is 0.107 e. The maximum absolute atomic E-state index is 9.75. The van der Waals surface area contributed by atoms with E-state index in [9.17, 15) is 5.11 Å². The number of hydrogen-bond acceptors (Lipinski definition) is 3. The van der Waals surface area contributed by atoms with Crippen molar-refractivity contribution in [2.45, 2.75) is 19.6 Å². The van der Waals surface area contributed by atoms with Crippen molar-refractivity contribution in [3.05, 3.63) is 30.3 Å². The number of nitrogens with zero attached hydrogens (tertiary/aromatic N) is 2. The van der Waals surface area contributed by atoms with Crippen LogP contribution in [0.1, 0.15) is 13.3 Å². The van der Waals surface area contributed by atoms with Crippen LogP contribution < -0.4 is 4.90 Å². The molecule has 88 valence electrons. The molecule has 0 saturated carbocycles. The van der Waals surface area contributed by atoms with Crippen LogP contribution in [0.25, 0.3) is 0 Å². The highest BCUT2D eigenvalue weighted by atomic mass is 16.3. The second-order valence-corrected chi connectivity index (χ2v) is 4.25. The normalized spacial score (nSPS) is 19.8. The Morgan fingerprint density at radius 3 is 2.31 bits per heavy atom. The zero-order chi connectivity index (χ0) is 11.4. The Morgan fingerprint density at radius 2 is 1.75 bits per heavy atom. The molecule has 1 atom stereocenters. The van der Waals surface area contributed by atoms with Crippen molar-refractivity contribution in [1.29, 1.82) is 0 Å². The Bertz CT molecular complexity index is 307. The SMILES string of the molecule is CCC(O)N1CCN(c2ccccc2)CC1. The molecule has 1 saturated heterocycles. The highest BCUT2D eigenvalue weighted by molar-refractivity contribution is 5.46. The van der Waals surface area contributed by atoms with Gasteiger partial charge < -0.3 is 10.0 Å². The molecule has 1 fully saturated rings. The summed E-state index contributed by atoms with van der Waals surface area (Å²) in [6.07, 6.45) is 0.545. The number of rotatable bonds is 3. The van der Waals surface area contributed by atoms with Crippen LogP contribution in [0.5, 0.6) is 0 Å². The summed E-state index contributed by atoms with van der Waals surface area (Å²) in [5.74, 6) is 0. The van der Waals surface area contributed by atoms with Gasteiger partial charge in [-0.05, 0) is 18.6 Å². The molecule has 2 rings (SSSR count). The fraction of sp³-hybridized carbons (Fsp3) is 0.538. The summed E-state index contributed by atoms with van der Waals surface area (Å²) in [5.41, 5.74) is 1.29. The molecule has 1 aromatic carbocycles. The highest BCUT2D eigenvalue weighted by Crippen LogP contribution is 2.16. The summed E-state index contributed by atoms with van der Waals surface area (Å²) in [7, 11) is 0. The molecule has 16 heavy (non-hydrogen) atoms. The van der Waals surface area contributed by atoms with Gasteiger partial charge in [0.1, 0.15) is 6.23 Å². The molecule has 1 heterocycles. The molecule has 0 aliphatic carbocycles. The van der Waals surface area contributed by atoms with Gasteiger partial charge >= 0.3 is 0 Å². The monoisotopic (exact) mass is 220 g/mol. The predicted octanol–water partition coefficient (Wildman–Crippen LogP) is 1.54. The molecule has 0 radical (unpaired) electrons. The Morgan fingerprint density at radius 1 is 1.12 bits per heavy atom. The topological polar surface area (TPSA) is 26.7 Å². The van der Waals surface area contributed by atoms with Crippen LogP contribution in [0.3, 0.4) is 0 Å². The van der Waals surface area contributed by atoms with E-state index in [0.717, 1.165) is 32.6 Å². The molecule has 3 heteroatoms. The van der Waals surface area contributed by atoms with Crippen molar-refractivity contribution in [3.63, 3.8) is 0 Å².